The Morgan fingerprint density at radius 1 is 0.871 bits per heavy atom. The molecule has 0 radical (unpaired) electrons. The fraction of sp³-hybridized carbons (Fsp3) is 0.115. The summed E-state index contributed by atoms with van der Waals surface area (Å²) >= 11 is 6.24. The van der Waals surface area contributed by atoms with Gasteiger partial charge in [-0.2, -0.15) is 5.10 Å². The third-order valence-electron chi connectivity index (χ3n) is 6.04. The summed E-state index contributed by atoms with van der Waals surface area (Å²) in [5, 5.41) is 20.4. The van der Waals surface area contributed by atoms with Crippen LogP contribution in [0.15, 0.2) is 90.0 Å². The number of ether oxygens (including phenoxy) is 1. The molecule has 0 aromatic heterocycles. The summed E-state index contributed by atoms with van der Waals surface area (Å²) in [6.45, 7) is 0. The number of phenols is 1. The Hall–Kier alpha value is -3.50. The van der Waals surface area contributed by atoms with E-state index >= 15 is 0 Å². The van der Waals surface area contributed by atoms with Crippen molar-refractivity contribution in [1.82, 2.24) is 5.01 Å². The summed E-state index contributed by atoms with van der Waals surface area (Å²) in [6.07, 6.45) is 0.202. The lowest BCUT2D eigenvalue weighted by atomic mass is 9.95. The molecule has 6 rings (SSSR count). The van der Waals surface area contributed by atoms with Crippen molar-refractivity contribution in [1.29, 1.82) is 0 Å². The highest BCUT2D eigenvalue weighted by Crippen LogP contribution is 2.49. The van der Waals surface area contributed by atoms with Gasteiger partial charge in [0.2, 0.25) is 6.23 Å². The summed E-state index contributed by atoms with van der Waals surface area (Å²) in [6, 6.07) is 27.8. The number of phenolic OH excluding ortho intramolecular Hbond substituents is 1. The molecule has 4 aromatic rings. The zero-order valence-corrected chi connectivity index (χ0v) is 17.3. The van der Waals surface area contributed by atoms with Crippen molar-refractivity contribution in [3.8, 4) is 11.5 Å². The molecule has 0 bridgehead atoms. The topological polar surface area (TPSA) is 45.1 Å². The van der Waals surface area contributed by atoms with E-state index in [1.54, 1.807) is 18.2 Å². The van der Waals surface area contributed by atoms with Crippen LogP contribution in [-0.4, -0.2) is 15.8 Å². The normalized spacial score (nSPS) is 19.5. The largest absolute Gasteiger partial charge is 0.507 e. The maximum atomic E-state index is 10.5. The summed E-state index contributed by atoms with van der Waals surface area (Å²) in [7, 11) is 0. The highest BCUT2D eigenvalue weighted by atomic mass is 35.5. The first-order valence-corrected chi connectivity index (χ1v) is 10.6. The number of benzene rings is 4. The van der Waals surface area contributed by atoms with Gasteiger partial charge >= 0.3 is 0 Å². The number of para-hydroxylation sites is 1. The van der Waals surface area contributed by atoms with Gasteiger partial charge in [-0.05, 0) is 46.7 Å². The maximum Gasteiger partial charge on any atom is 0.217 e. The van der Waals surface area contributed by atoms with Gasteiger partial charge in [0, 0.05) is 17.0 Å². The van der Waals surface area contributed by atoms with E-state index in [1.165, 1.54) is 10.8 Å². The molecule has 152 valence electrons. The molecule has 1 N–H and O–H groups in total. The molecule has 0 saturated carbocycles. The van der Waals surface area contributed by atoms with E-state index in [1.807, 2.05) is 35.3 Å². The molecule has 0 spiro atoms. The second-order valence-corrected chi connectivity index (χ2v) is 8.36. The van der Waals surface area contributed by atoms with E-state index in [2.05, 4.69) is 36.4 Å². The molecule has 0 saturated heterocycles. The van der Waals surface area contributed by atoms with Crippen molar-refractivity contribution >= 4 is 28.1 Å². The Morgan fingerprint density at radius 2 is 1.68 bits per heavy atom. The van der Waals surface area contributed by atoms with Gasteiger partial charge in [-0.1, -0.05) is 66.2 Å². The van der Waals surface area contributed by atoms with Crippen molar-refractivity contribution in [2.75, 3.05) is 0 Å². The quantitative estimate of drug-likeness (QED) is 0.401. The van der Waals surface area contributed by atoms with Gasteiger partial charge in [0.15, 0.2) is 0 Å². The molecular weight excluding hydrogens is 408 g/mol. The lowest BCUT2D eigenvalue weighted by molar-refractivity contribution is -0.0203. The van der Waals surface area contributed by atoms with Gasteiger partial charge in [0.05, 0.1) is 17.3 Å². The molecule has 2 atom stereocenters. The Labute approximate surface area is 185 Å². The molecule has 0 fully saturated rings. The summed E-state index contributed by atoms with van der Waals surface area (Å²) in [4.78, 5) is 0. The SMILES string of the molecule is Oc1ccc(Cl)cc1[C@@H]1Oc2ccccc2[C@@H]2CC(c3ccc4ccccc4c3)=NN21. The third kappa shape index (κ3) is 3.03. The molecular formula is C26H19ClN2O2. The average molecular weight is 427 g/mol. The lowest BCUT2D eigenvalue weighted by Crippen LogP contribution is -2.33. The van der Waals surface area contributed by atoms with Gasteiger partial charge in [-0.25, -0.2) is 5.01 Å². The molecule has 31 heavy (non-hydrogen) atoms. The number of fused-ring (bicyclic) bond motifs is 4. The summed E-state index contributed by atoms with van der Waals surface area (Å²) in [5.41, 5.74) is 3.80. The van der Waals surface area contributed by atoms with E-state index < -0.39 is 6.23 Å². The van der Waals surface area contributed by atoms with E-state index in [-0.39, 0.29) is 11.8 Å². The van der Waals surface area contributed by atoms with Gasteiger partial charge in [-0.3, -0.25) is 0 Å². The minimum atomic E-state index is -0.559. The first-order chi connectivity index (χ1) is 15.2. The summed E-state index contributed by atoms with van der Waals surface area (Å²) in [5.74, 6) is 0.949. The molecule has 5 heteroatoms. The van der Waals surface area contributed by atoms with Crippen molar-refractivity contribution < 1.29 is 9.84 Å². The molecule has 4 nitrogen and oxygen atoms in total. The van der Waals surface area contributed by atoms with Crippen LogP contribution in [0.2, 0.25) is 5.02 Å². The number of hydrogen-bond donors (Lipinski definition) is 1. The molecule has 0 amide bonds. The van der Waals surface area contributed by atoms with E-state index in [0.717, 1.165) is 29.0 Å². The van der Waals surface area contributed by atoms with Crippen LogP contribution in [-0.2, 0) is 0 Å². The third-order valence-corrected chi connectivity index (χ3v) is 6.27. The van der Waals surface area contributed by atoms with Gasteiger partial charge in [0.25, 0.3) is 0 Å². The molecule has 2 heterocycles. The molecule has 2 aliphatic heterocycles. The van der Waals surface area contributed by atoms with Crippen molar-refractivity contribution in [2.24, 2.45) is 5.10 Å². The van der Waals surface area contributed by atoms with Crippen LogP contribution in [0, 0.1) is 0 Å². The first-order valence-electron chi connectivity index (χ1n) is 10.3. The van der Waals surface area contributed by atoms with Gasteiger partial charge in [-0.15, -0.1) is 0 Å². The predicted octanol–water partition coefficient (Wildman–Crippen LogP) is 6.44. The van der Waals surface area contributed by atoms with Crippen LogP contribution < -0.4 is 4.74 Å². The first kappa shape index (κ1) is 18.3. The average Bonchev–Trinajstić information content (AvgIpc) is 3.26. The zero-order chi connectivity index (χ0) is 20.9. The van der Waals surface area contributed by atoms with Gasteiger partial charge in [0.1, 0.15) is 11.5 Å². The number of halogens is 1. The second kappa shape index (κ2) is 7.03. The Kier molecular flexibility index (Phi) is 4.15. The predicted molar refractivity (Wildman–Crippen MR) is 123 cm³/mol. The minimum absolute atomic E-state index is 0.0230. The van der Waals surface area contributed by atoms with Gasteiger partial charge < -0.3 is 9.84 Å². The van der Waals surface area contributed by atoms with Crippen LogP contribution in [0.1, 0.15) is 35.4 Å². The number of nitrogens with zero attached hydrogens (tertiary/aromatic N) is 2. The Morgan fingerprint density at radius 3 is 2.58 bits per heavy atom. The van der Waals surface area contributed by atoms with E-state index in [0.29, 0.717) is 10.6 Å². The fourth-order valence-electron chi connectivity index (χ4n) is 4.51. The fourth-order valence-corrected chi connectivity index (χ4v) is 4.69. The zero-order valence-electron chi connectivity index (χ0n) is 16.6. The van der Waals surface area contributed by atoms with E-state index in [4.69, 9.17) is 21.4 Å². The number of rotatable bonds is 2. The molecule has 4 aromatic carbocycles. The monoisotopic (exact) mass is 426 g/mol. The smallest absolute Gasteiger partial charge is 0.217 e. The van der Waals surface area contributed by atoms with Crippen LogP contribution in [0.3, 0.4) is 0 Å². The molecule has 2 aliphatic rings. The summed E-state index contributed by atoms with van der Waals surface area (Å²) < 4.78 is 6.32. The van der Waals surface area contributed by atoms with Crippen molar-refractivity contribution in [2.45, 2.75) is 18.7 Å². The Balaban J connectivity index is 1.47. The minimum Gasteiger partial charge on any atom is -0.507 e. The Bertz CT molecular complexity index is 1350. The number of hydrazone groups is 1. The molecule has 0 aliphatic carbocycles. The van der Waals surface area contributed by atoms with Crippen LogP contribution >= 0.6 is 11.6 Å². The number of aromatic hydroxyl groups is 1. The van der Waals surface area contributed by atoms with Crippen LogP contribution in [0.4, 0.5) is 0 Å². The highest BCUT2D eigenvalue weighted by Gasteiger charge is 2.41. The van der Waals surface area contributed by atoms with Crippen molar-refractivity contribution in [3.05, 3.63) is 107 Å². The van der Waals surface area contributed by atoms with E-state index in [9.17, 15) is 5.11 Å². The lowest BCUT2D eigenvalue weighted by Gasteiger charge is -2.38. The molecule has 0 unspecified atom stereocenters. The maximum absolute atomic E-state index is 10.5. The highest BCUT2D eigenvalue weighted by molar-refractivity contribution is 6.30. The van der Waals surface area contributed by atoms with Crippen LogP contribution in [0.25, 0.3) is 10.8 Å². The standard InChI is InChI=1S/C26H19ClN2O2/c27-19-11-12-24(30)21(14-19)26-29-23(20-7-3-4-8-25(20)31-26)15-22(28-29)18-10-9-16-5-1-2-6-17(16)13-18/h1-14,23,26,30H,15H2/t23-,26-/m0/s1. The number of hydrogen-bond acceptors (Lipinski definition) is 4. The van der Waals surface area contributed by atoms with Crippen molar-refractivity contribution in [3.63, 3.8) is 0 Å². The van der Waals surface area contributed by atoms with Crippen LogP contribution in [0.5, 0.6) is 11.5 Å². The second-order valence-electron chi connectivity index (χ2n) is 7.92.